The van der Waals surface area contributed by atoms with Crippen molar-refractivity contribution < 1.29 is 4.79 Å². The third-order valence-corrected chi connectivity index (χ3v) is 6.00. The van der Waals surface area contributed by atoms with Crippen molar-refractivity contribution in [3.05, 3.63) is 49.3 Å². The number of hydrogen-bond donors (Lipinski definition) is 1. The van der Waals surface area contributed by atoms with Crippen LogP contribution in [0.25, 0.3) is 0 Å². The summed E-state index contributed by atoms with van der Waals surface area (Å²) in [7, 11) is 0. The van der Waals surface area contributed by atoms with Gasteiger partial charge < -0.3 is 9.88 Å². The third kappa shape index (κ3) is 2.32. The first-order valence-electron chi connectivity index (χ1n) is 8.00. The molecule has 4 heterocycles. The summed E-state index contributed by atoms with van der Waals surface area (Å²) < 4.78 is 0. The van der Waals surface area contributed by atoms with Crippen LogP contribution in [0.15, 0.2) is 16.2 Å². The lowest BCUT2D eigenvalue weighted by atomic mass is 9.98. The molecule has 1 amide bonds. The maximum Gasteiger partial charge on any atom is 0.264 e. The first kappa shape index (κ1) is 14.6. The molecule has 5 nitrogen and oxygen atoms in total. The molecule has 6 heteroatoms. The molecule has 23 heavy (non-hydrogen) atoms. The van der Waals surface area contributed by atoms with Gasteiger partial charge in [-0.25, -0.2) is 4.98 Å². The number of hydrogen-bond acceptors (Lipinski definition) is 4. The van der Waals surface area contributed by atoms with E-state index in [2.05, 4.69) is 9.97 Å². The Labute approximate surface area is 138 Å². The van der Waals surface area contributed by atoms with Crippen LogP contribution in [-0.4, -0.2) is 32.9 Å². The lowest BCUT2D eigenvalue weighted by molar-refractivity contribution is 0.0678. The van der Waals surface area contributed by atoms with Gasteiger partial charge in [-0.1, -0.05) is 0 Å². The van der Waals surface area contributed by atoms with Gasteiger partial charge in [0.25, 0.3) is 11.5 Å². The Hall–Kier alpha value is -1.95. The minimum absolute atomic E-state index is 0.0419. The van der Waals surface area contributed by atoms with Crippen molar-refractivity contribution in [2.24, 2.45) is 0 Å². The SMILES string of the molecule is Cc1nc2c(c(=O)[nH]1)C[C@H]1CC[C@@H](C2)N1C(=O)c1sccc1C. The van der Waals surface area contributed by atoms with Crippen LogP contribution in [0.5, 0.6) is 0 Å². The van der Waals surface area contributed by atoms with E-state index in [1.54, 1.807) is 0 Å². The first-order valence-corrected chi connectivity index (χ1v) is 8.88. The maximum atomic E-state index is 13.0. The van der Waals surface area contributed by atoms with Gasteiger partial charge in [0.2, 0.25) is 0 Å². The maximum absolute atomic E-state index is 13.0. The highest BCUT2D eigenvalue weighted by Crippen LogP contribution is 2.34. The van der Waals surface area contributed by atoms with Gasteiger partial charge in [-0.2, -0.15) is 0 Å². The molecule has 1 fully saturated rings. The minimum Gasteiger partial charge on any atom is -0.331 e. The second-order valence-corrected chi connectivity index (χ2v) is 7.43. The molecule has 2 aliphatic rings. The van der Waals surface area contributed by atoms with Crippen molar-refractivity contribution >= 4 is 17.2 Å². The molecule has 0 aromatic carbocycles. The van der Waals surface area contributed by atoms with Crippen LogP contribution in [0, 0.1) is 13.8 Å². The largest absolute Gasteiger partial charge is 0.331 e. The summed E-state index contributed by atoms with van der Waals surface area (Å²) in [5, 5.41) is 1.96. The molecular weight excluding hydrogens is 310 g/mol. The second-order valence-electron chi connectivity index (χ2n) is 6.51. The van der Waals surface area contributed by atoms with Crippen molar-refractivity contribution in [2.45, 2.75) is 51.6 Å². The smallest absolute Gasteiger partial charge is 0.264 e. The fraction of sp³-hybridized carbons (Fsp3) is 0.471. The van der Waals surface area contributed by atoms with Crippen molar-refractivity contribution in [3.63, 3.8) is 0 Å². The number of aryl methyl sites for hydroxylation is 2. The summed E-state index contributed by atoms with van der Waals surface area (Å²) in [6.45, 7) is 3.79. The highest BCUT2D eigenvalue weighted by molar-refractivity contribution is 7.12. The predicted octanol–water partition coefficient (Wildman–Crippen LogP) is 2.22. The standard InChI is InChI=1S/C17H19N3O2S/c1-9-5-6-23-15(9)17(22)20-11-3-4-12(20)8-14-13(7-11)16(21)19-10(2)18-14/h5-6,11-12H,3-4,7-8H2,1-2H3,(H,18,19,21)/t11-,12+/m1/s1. The molecule has 0 saturated carbocycles. The third-order valence-electron chi connectivity index (χ3n) is 5.00. The van der Waals surface area contributed by atoms with Crippen molar-refractivity contribution in [1.82, 2.24) is 14.9 Å². The van der Waals surface area contributed by atoms with Crippen LogP contribution >= 0.6 is 11.3 Å². The lowest BCUT2D eigenvalue weighted by Crippen LogP contribution is -2.41. The van der Waals surface area contributed by atoms with Gasteiger partial charge >= 0.3 is 0 Å². The summed E-state index contributed by atoms with van der Waals surface area (Å²) in [5.74, 6) is 0.768. The lowest BCUT2D eigenvalue weighted by Gasteiger charge is -2.28. The van der Waals surface area contributed by atoms with E-state index in [-0.39, 0.29) is 23.6 Å². The zero-order valence-electron chi connectivity index (χ0n) is 13.3. The fourth-order valence-electron chi connectivity index (χ4n) is 3.91. The van der Waals surface area contributed by atoms with Crippen LogP contribution in [0.3, 0.4) is 0 Å². The van der Waals surface area contributed by atoms with Crippen LogP contribution in [0.2, 0.25) is 0 Å². The van der Waals surface area contributed by atoms with E-state index in [1.807, 2.05) is 30.2 Å². The van der Waals surface area contributed by atoms with E-state index in [0.717, 1.165) is 34.5 Å². The van der Waals surface area contributed by atoms with Crippen molar-refractivity contribution in [3.8, 4) is 0 Å². The van der Waals surface area contributed by atoms with Gasteiger partial charge in [-0.15, -0.1) is 11.3 Å². The molecule has 1 N–H and O–H groups in total. The molecule has 2 aromatic heterocycles. The Morgan fingerprint density at radius 1 is 1.30 bits per heavy atom. The fourth-order valence-corrected chi connectivity index (χ4v) is 4.78. The number of carbonyl (C=O) groups excluding carboxylic acids is 1. The number of thiophene rings is 1. The number of amides is 1. The summed E-state index contributed by atoms with van der Waals surface area (Å²) in [6.07, 6.45) is 3.26. The number of nitrogens with one attached hydrogen (secondary N) is 1. The number of H-pyrrole nitrogens is 1. The summed E-state index contributed by atoms with van der Waals surface area (Å²) in [6, 6.07) is 2.26. The van der Waals surface area contributed by atoms with Crippen molar-refractivity contribution in [1.29, 1.82) is 0 Å². The highest BCUT2D eigenvalue weighted by Gasteiger charge is 2.41. The Morgan fingerprint density at radius 3 is 2.74 bits per heavy atom. The summed E-state index contributed by atoms with van der Waals surface area (Å²) in [5.41, 5.74) is 2.63. The molecular formula is C17H19N3O2S. The Morgan fingerprint density at radius 2 is 2.04 bits per heavy atom. The topological polar surface area (TPSA) is 66.1 Å². The average Bonchev–Trinajstić information content (AvgIpc) is 3.02. The molecule has 2 aromatic rings. The number of fused-ring (bicyclic) bond motifs is 3. The number of rotatable bonds is 1. The molecule has 2 aliphatic heterocycles. The Kier molecular flexibility index (Phi) is 3.37. The van der Waals surface area contributed by atoms with Crippen LogP contribution < -0.4 is 5.56 Å². The predicted molar refractivity (Wildman–Crippen MR) is 89.0 cm³/mol. The van der Waals surface area contributed by atoms with Crippen molar-refractivity contribution in [2.75, 3.05) is 0 Å². The molecule has 4 rings (SSSR count). The average molecular weight is 329 g/mol. The molecule has 0 unspecified atom stereocenters. The number of aromatic amines is 1. The second kappa shape index (κ2) is 5.30. The van der Waals surface area contributed by atoms with E-state index in [0.29, 0.717) is 18.7 Å². The van der Waals surface area contributed by atoms with Gasteiger partial charge in [0.05, 0.1) is 10.6 Å². The minimum atomic E-state index is -0.0419. The zero-order valence-corrected chi connectivity index (χ0v) is 14.1. The normalized spacial score (nSPS) is 22.8. The molecule has 2 bridgehead atoms. The van der Waals surface area contributed by atoms with Crippen LogP contribution in [-0.2, 0) is 12.8 Å². The van der Waals surface area contributed by atoms with E-state index in [9.17, 15) is 9.59 Å². The molecule has 120 valence electrons. The van der Waals surface area contributed by atoms with E-state index >= 15 is 0 Å². The van der Waals surface area contributed by atoms with Gasteiger partial charge in [-0.05, 0) is 43.7 Å². The number of carbonyl (C=O) groups is 1. The molecule has 1 saturated heterocycles. The summed E-state index contributed by atoms with van der Waals surface area (Å²) >= 11 is 1.50. The molecule has 0 spiro atoms. The first-order chi connectivity index (χ1) is 11.0. The molecule has 0 radical (unpaired) electrons. The van der Waals surface area contributed by atoms with E-state index in [4.69, 9.17) is 0 Å². The van der Waals surface area contributed by atoms with Crippen LogP contribution in [0.4, 0.5) is 0 Å². The Balaban J connectivity index is 1.74. The van der Waals surface area contributed by atoms with Gasteiger partial charge in [0, 0.05) is 30.5 Å². The van der Waals surface area contributed by atoms with Gasteiger partial charge in [0.15, 0.2) is 0 Å². The molecule has 2 atom stereocenters. The summed E-state index contributed by atoms with van der Waals surface area (Å²) in [4.78, 5) is 35.5. The highest BCUT2D eigenvalue weighted by atomic mass is 32.1. The molecule has 0 aliphatic carbocycles. The van der Waals surface area contributed by atoms with E-state index < -0.39 is 0 Å². The van der Waals surface area contributed by atoms with E-state index in [1.165, 1.54) is 11.3 Å². The van der Waals surface area contributed by atoms with Crippen LogP contribution in [0.1, 0.15) is 45.2 Å². The number of nitrogens with zero attached hydrogens (tertiary/aromatic N) is 2. The van der Waals surface area contributed by atoms with Gasteiger partial charge in [-0.3, -0.25) is 9.59 Å². The quantitative estimate of drug-likeness (QED) is 0.872. The zero-order chi connectivity index (χ0) is 16.1. The Bertz CT molecular complexity index is 839. The number of aromatic nitrogens is 2. The van der Waals surface area contributed by atoms with Gasteiger partial charge in [0.1, 0.15) is 5.82 Å². The monoisotopic (exact) mass is 329 g/mol.